The van der Waals surface area contributed by atoms with E-state index in [2.05, 4.69) is 27.1 Å². The molecule has 0 fully saturated rings. The zero-order valence-electron chi connectivity index (χ0n) is 12.5. The summed E-state index contributed by atoms with van der Waals surface area (Å²) >= 11 is 0. The Morgan fingerprint density at radius 1 is 1.43 bits per heavy atom. The molecule has 1 aromatic carbocycles. The highest BCUT2D eigenvalue weighted by Gasteiger charge is 2.24. The Morgan fingerprint density at radius 3 is 3.14 bits per heavy atom. The molecule has 1 N–H and O–H groups in total. The molecule has 1 aromatic heterocycles. The minimum absolute atomic E-state index is 0.157. The Labute approximate surface area is 124 Å². The molecule has 0 spiro atoms. The van der Waals surface area contributed by atoms with Gasteiger partial charge < -0.3 is 19.4 Å². The SMILES string of the molecule is COCCCn1cc(C)nc1NC1COc2ccccc21. The highest BCUT2D eigenvalue weighted by molar-refractivity contribution is 5.44. The van der Waals surface area contributed by atoms with Gasteiger partial charge in [-0.25, -0.2) is 4.98 Å². The van der Waals surface area contributed by atoms with Gasteiger partial charge in [-0.05, 0) is 19.4 Å². The van der Waals surface area contributed by atoms with Crippen molar-refractivity contribution in [2.45, 2.75) is 25.9 Å². The summed E-state index contributed by atoms with van der Waals surface area (Å²) in [5.74, 6) is 1.86. The van der Waals surface area contributed by atoms with E-state index >= 15 is 0 Å². The quantitative estimate of drug-likeness (QED) is 0.830. The Morgan fingerprint density at radius 2 is 2.29 bits per heavy atom. The first-order valence-electron chi connectivity index (χ1n) is 7.29. The number of aryl methyl sites for hydroxylation is 2. The number of hydrogen-bond acceptors (Lipinski definition) is 4. The van der Waals surface area contributed by atoms with Crippen LogP contribution in [-0.2, 0) is 11.3 Å². The normalized spacial score (nSPS) is 16.6. The maximum Gasteiger partial charge on any atom is 0.203 e. The fourth-order valence-electron chi connectivity index (χ4n) is 2.65. The molecule has 1 aliphatic rings. The van der Waals surface area contributed by atoms with E-state index in [1.807, 2.05) is 25.1 Å². The number of benzene rings is 1. The van der Waals surface area contributed by atoms with E-state index in [-0.39, 0.29) is 6.04 Å². The maximum atomic E-state index is 5.71. The van der Waals surface area contributed by atoms with Crippen molar-refractivity contribution < 1.29 is 9.47 Å². The lowest BCUT2D eigenvalue weighted by Crippen LogP contribution is -2.16. The predicted molar refractivity (Wildman–Crippen MR) is 81.8 cm³/mol. The van der Waals surface area contributed by atoms with E-state index < -0.39 is 0 Å². The summed E-state index contributed by atoms with van der Waals surface area (Å²) in [6.07, 6.45) is 3.04. The number of fused-ring (bicyclic) bond motifs is 1. The summed E-state index contributed by atoms with van der Waals surface area (Å²) in [6, 6.07) is 8.30. The molecule has 2 aromatic rings. The first-order valence-corrected chi connectivity index (χ1v) is 7.29. The number of nitrogens with zero attached hydrogens (tertiary/aromatic N) is 2. The molecule has 0 radical (unpaired) electrons. The van der Waals surface area contributed by atoms with Gasteiger partial charge in [0.2, 0.25) is 5.95 Å². The van der Waals surface area contributed by atoms with Crippen LogP contribution in [0.5, 0.6) is 5.75 Å². The van der Waals surface area contributed by atoms with E-state index in [4.69, 9.17) is 9.47 Å². The fourth-order valence-corrected chi connectivity index (χ4v) is 2.65. The third-order valence-electron chi connectivity index (χ3n) is 3.65. The van der Waals surface area contributed by atoms with Crippen LogP contribution in [0.15, 0.2) is 30.5 Å². The highest BCUT2D eigenvalue weighted by atomic mass is 16.5. The molecular weight excluding hydrogens is 266 g/mol. The molecule has 21 heavy (non-hydrogen) atoms. The smallest absolute Gasteiger partial charge is 0.203 e. The molecule has 1 unspecified atom stereocenters. The number of imidazole rings is 1. The van der Waals surface area contributed by atoms with Gasteiger partial charge in [0.25, 0.3) is 0 Å². The van der Waals surface area contributed by atoms with E-state index in [1.165, 1.54) is 5.56 Å². The van der Waals surface area contributed by atoms with Gasteiger partial charge in [-0.2, -0.15) is 0 Å². The van der Waals surface area contributed by atoms with Crippen LogP contribution in [-0.4, -0.2) is 29.9 Å². The van der Waals surface area contributed by atoms with Crippen molar-refractivity contribution in [2.24, 2.45) is 0 Å². The zero-order chi connectivity index (χ0) is 14.7. The first kappa shape index (κ1) is 13.9. The number of methoxy groups -OCH3 is 1. The summed E-state index contributed by atoms with van der Waals surface area (Å²) < 4.78 is 13.0. The second-order valence-corrected chi connectivity index (χ2v) is 5.29. The molecule has 1 aliphatic heterocycles. The lowest BCUT2D eigenvalue weighted by atomic mass is 10.1. The van der Waals surface area contributed by atoms with Crippen molar-refractivity contribution >= 4 is 5.95 Å². The van der Waals surface area contributed by atoms with Crippen LogP contribution in [0.1, 0.15) is 23.7 Å². The molecule has 5 nitrogen and oxygen atoms in total. The number of anilines is 1. The van der Waals surface area contributed by atoms with Gasteiger partial charge >= 0.3 is 0 Å². The molecule has 0 bridgehead atoms. The van der Waals surface area contributed by atoms with E-state index in [0.29, 0.717) is 6.61 Å². The van der Waals surface area contributed by atoms with Crippen LogP contribution in [0.2, 0.25) is 0 Å². The summed E-state index contributed by atoms with van der Waals surface area (Å²) in [5, 5.41) is 3.50. The third-order valence-corrected chi connectivity index (χ3v) is 3.65. The van der Waals surface area contributed by atoms with Crippen molar-refractivity contribution in [3.63, 3.8) is 0 Å². The molecule has 5 heteroatoms. The van der Waals surface area contributed by atoms with Crippen LogP contribution in [0, 0.1) is 6.92 Å². The van der Waals surface area contributed by atoms with Crippen molar-refractivity contribution in [3.05, 3.63) is 41.7 Å². The van der Waals surface area contributed by atoms with E-state index in [0.717, 1.165) is 37.0 Å². The van der Waals surface area contributed by atoms with E-state index in [1.54, 1.807) is 7.11 Å². The van der Waals surface area contributed by atoms with Crippen molar-refractivity contribution in [3.8, 4) is 5.75 Å². The van der Waals surface area contributed by atoms with Crippen LogP contribution < -0.4 is 10.1 Å². The van der Waals surface area contributed by atoms with Gasteiger partial charge in [0.05, 0.1) is 11.7 Å². The molecule has 2 heterocycles. The second-order valence-electron chi connectivity index (χ2n) is 5.29. The Bertz CT molecular complexity index is 609. The second kappa shape index (κ2) is 6.18. The van der Waals surface area contributed by atoms with Crippen LogP contribution in [0.3, 0.4) is 0 Å². The Hall–Kier alpha value is -2.01. The van der Waals surface area contributed by atoms with Gasteiger partial charge in [-0.1, -0.05) is 18.2 Å². The van der Waals surface area contributed by atoms with Crippen molar-refractivity contribution in [2.75, 3.05) is 25.6 Å². The number of ether oxygens (including phenoxy) is 2. The lowest BCUT2D eigenvalue weighted by Gasteiger charge is -2.14. The van der Waals surface area contributed by atoms with Gasteiger partial charge in [0, 0.05) is 32.0 Å². The predicted octanol–water partition coefficient (Wildman–Crippen LogP) is 2.77. The van der Waals surface area contributed by atoms with Gasteiger partial charge in [-0.3, -0.25) is 0 Å². The Balaban J connectivity index is 1.73. The molecule has 112 valence electrons. The van der Waals surface area contributed by atoms with Crippen molar-refractivity contribution in [1.82, 2.24) is 9.55 Å². The first-order chi connectivity index (χ1) is 10.3. The summed E-state index contributed by atoms with van der Waals surface area (Å²) in [5.41, 5.74) is 2.21. The largest absolute Gasteiger partial charge is 0.491 e. The number of aromatic nitrogens is 2. The summed E-state index contributed by atoms with van der Waals surface area (Å²) in [6.45, 7) is 4.30. The molecule has 3 rings (SSSR count). The number of rotatable bonds is 6. The molecule has 0 aliphatic carbocycles. The van der Waals surface area contributed by atoms with E-state index in [9.17, 15) is 0 Å². The summed E-state index contributed by atoms with van der Waals surface area (Å²) in [7, 11) is 1.73. The maximum absolute atomic E-state index is 5.71. The minimum atomic E-state index is 0.157. The Kier molecular flexibility index (Phi) is 4.10. The summed E-state index contributed by atoms with van der Waals surface area (Å²) in [4.78, 5) is 4.58. The monoisotopic (exact) mass is 287 g/mol. The van der Waals surface area contributed by atoms with Crippen LogP contribution in [0.25, 0.3) is 0 Å². The van der Waals surface area contributed by atoms with Crippen molar-refractivity contribution in [1.29, 1.82) is 0 Å². The van der Waals surface area contributed by atoms with Gasteiger partial charge in [0.1, 0.15) is 12.4 Å². The molecule has 0 amide bonds. The zero-order valence-corrected chi connectivity index (χ0v) is 12.5. The topological polar surface area (TPSA) is 48.3 Å². The van der Waals surface area contributed by atoms with Gasteiger partial charge in [-0.15, -0.1) is 0 Å². The lowest BCUT2D eigenvalue weighted by molar-refractivity contribution is 0.190. The molecule has 1 atom stereocenters. The number of hydrogen-bond donors (Lipinski definition) is 1. The molecule has 0 saturated heterocycles. The number of nitrogens with one attached hydrogen (secondary N) is 1. The van der Waals surface area contributed by atoms with Crippen LogP contribution in [0.4, 0.5) is 5.95 Å². The average molecular weight is 287 g/mol. The molecule has 0 saturated carbocycles. The van der Waals surface area contributed by atoms with Crippen LogP contribution >= 0.6 is 0 Å². The average Bonchev–Trinajstić information content (AvgIpc) is 3.04. The molecular formula is C16H21N3O2. The third kappa shape index (κ3) is 3.03. The fraction of sp³-hybridized carbons (Fsp3) is 0.438. The highest BCUT2D eigenvalue weighted by Crippen LogP contribution is 2.33. The van der Waals surface area contributed by atoms with Gasteiger partial charge in [0.15, 0.2) is 0 Å². The standard InChI is InChI=1S/C16H21N3O2/c1-12-10-19(8-5-9-20-2)16(17-12)18-14-11-21-15-7-4-3-6-13(14)15/h3-4,6-7,10,14H,5,8-9,11H2,1-2H3,(H,17,18). The number of para-hydroxylation sites is 1. The minimum Gasteiger partial charge on any atom is -0.491 e.